The van der Waals surface area contributed by atoms with E-state index in [1.165, 1.54) is 0 Å². The first-order valence-electron chi connectivity index (χ1n) is 4.54. The lowest BCUT2D eigenvalue weighted by Crippen LogP contribution is -1.98. The summed E-state index contributed by atoms with van der Waals surface area (Å²) < 4.78 is 2.03. The molecule has 2 aromatic rings. The second kappa shape index (κ2) is 3.79. The van der Waals surface area contributed by atoms with Gasteiger partial charge in [0.05, 0.1) is 10.6 Å². The Hall–Kier alpha value is -1.36. The van der Waals surface area contributed by atoms with Gasteiger partial charge in [-0.15, -0.1) is 21.5 Å². The number of thiophene rings is 1. The topological polar surface area (TPSA) is 56.7 Å². The second-order valence-corrected chi connectivity index (χ2v) is 3.97. The molecule has 0 unspecified atom stereocenters. The Labute approximate surface area is 86.4 Å². The van der Waals surface area contributed by atoms with Crippen molar-refractivity contribution in [2.75, 3.05) is 5.73 Å². The zero-order valence-electron chi connectivity index (χ0n) is 7.97. The number of aryl methyl sites for hydroxylation is 1. The van der Waals surface area contributed by atoms with E-state index in [-0.39, 0.29) is 0 Å². The number of anilines is 1. The van der Waals surface area contributed by atoms with Crippen LogP contribution < -0.4 is 5.73 Å². The van der Waals surface area contributed by atoms with Crippen molar-refractivity contribution in [2.45, 2.75) is 19.9 Å². The highest BCUT2D eigenvalue weighted by Crippen LogP contribution is 2.29. The number of rotatable bonds is 3. The highest BCUT2D eigenvalue weighted by atomic mass is 32.1. The molecule has 0 aliphatic carbocycles. The van der Waals surface area contributed by atoms with E-state index in [0.717, 1.165) is 29.4 Å². The standard InChI is InChI=1S/C9H12N4S/c1-2-4-13-6-11-12-9(13)8-7(10)3-5-14-8/h3,5-6H,2,4,10H2,1H3. The van der Waals surface area contributed by atoms with Gasteiger partial charge in [0.2, 0.25) is 0 Å². The van der Waals surface area contributed by atoms with Gasteiger partial charge in [0, 0.05) is 6.54 Å². The van der Waals surface area contributed by atoms with Crippen LogP contribution in [0, 0.1) is 0 Å². The minimum Gasteiger partial charge on any atom is -0.397 e. The number of nitrogens with zero attached hydrogens (tertiary/aromatic N) is 3. The molecule has 5 heteroatoms. The third-order valence-electron chi connectivity index (χ3n) is 1.98. The van der Waals surface area contributed by atoms with Crippen molar-refractivity contribution in [3.63, 3.8) is 0 Å². The molecule has 0 fully saturated rings. The van der Waals surface area contributed by atoms with Gasteiger partial charge in [-0.1, -0.05) is 6.92 Å². The summed E-state index contributed by atoms with van der Waals surface area (Å²) in [5.41, 5.74) is 6.60. The van der Waals surface area contributed by atoms with Gasteiger partial charge in [-0.3, -0.25) is 0 Å². The molecule has 74 valence electrons. The van der Waals surface area contributed by atoms with E-state index < -0.39 is 0 Å². The fourth-order valence-electron chi connectivity index (χ4n) is 1.34. The highest BCUT2D eigenvalue weighted by Gasteiger charge is 2.10. The molecule has 0 aliphatic rings. The molecule has 0 bridgehead atoms. The largest absolute Gasteiger partial charge is 0.397 e. The summed E-state index contributed by atoms with van der Waals surface area (Å²) in [6, 6.07) is 1.89. The van der Waals surface area contributed by atoms with Crippen LogP contribution in [-0.2, 0) is 6.54 Å². The number of hydrogen-bond donors (Lipinski definition) is 1. The smallest absolute Gasteiger partial charge is 0.175 e. The predicted molar refractivity (Wildman–Crippen MR) is 58.0 cm³/mol. The first-order chi connectivity index (χ1) is 6.83. The molecule has 0 spiro atoms. The Morgan fingerprint density at radius 3 is 3.07 bits per heavy atom. The molecule has 4 nitrogen and oxygen atoms in total. The number of nitrogen functional groups attached to an aromatic ring is 1. The van der Waals surface area contributed by atoms with Gasteiger partial charge in [0.15, 0.2) is 5.82 Å². The molecule has 0 aliphatic heterocycles. The van der Waals surface area contributed by atoms with E-state index in [2.05, 4.69) is 17.1 Å². The van der Waals surface area contributed by atoms with Crippen molar-refractivity contribution in [1.29, 1.82) is 0 Å². The molecule has 2 heterocycles. The van der Waals surface area contributed by atoms with E-state index in [9.17, 15) is 0 Å². The van der Waals surface area contributed by atoms with Crippen LogP contribution in [0.1, 0.15) is 13.3 Å². The van der Waals surface area contributed by atoms with Crippen LogP contribution in [0.25, 0.3) is 10.7 Å². The fraction of sp³-hybridized carbons (Fsp3) is 0.333. The molecule has 0 aromatic carbocycles. The average molecular weight is 208 g/mol. The van der Waals surface area contributed by atoms with Gasteiger partial charge in [0.25, 0.3) is 0 Å². The monoisotopic (exact) mass is 208 g/mol. The Kier molecular flexibility index (Phi) is 2.49. The van der Waals surface area contributed by atoms with Gasteiger partial charge in [0.1, 0.15) is 6.33 Å². The minimum absolute atomic E-state index is 0.778. The zero-order chi connectivity index (χ0) is 9.97. The lowest BCUT2D eigenvalue weighted by atomic mass is 10.3. The van der Waals surface area contributed by atoms with Crippen LogP contribution in [-0.4, -0.2) is 14.8 Å². The Balaban J connectivity index is 2.41. The van der Waals surface area contributed by atoms with Crippen molar-refractivity contribution < 1.29 is 0 Å². The first kappa shape index (κ1) is 9.21. The van der Waals surface area contributed by atoms with E-state index in [1.807, 2.05) is 16.0 Å². The summed E-state index contributed by atoms with van der Waals surface area (Å²) in [6.45, 7) is 3.06. The third-order valence-corrected chi connectivity index (χ3v) is 2.90. The molecule has 0 saturated heterocycles. The normalized spacial score (nSPS) is 10.6. The highest BCUT2D eigenvalue weighted by molar-refractivity contribution is 7.14. The van der Waals surface area contributed by atoms with Crippen LogP contribution in [0.3, 0.4) is 0 Å². The van der Waals surface area contributed by atoms with Crippen LogP contribution in [0.15, 0.2) is 17.8 Å². The maximum Gasteiger partial charge on any atom is 0.175 e. The van der Waals surface area contributed by atoms with E-state index in [1.54, 1.807) is 17.7 Å². The molecule has 14 heavy (non-hydrogen) atoms. The van der Waals surface area contributed by atoms with Crippen molar-refractivity contribution in [2.24, 2.45) is 0 Å². The molecule has 0 saturated carbocycles. The zero-order valence-corrected chi connectivity index (χ0v) is 8.79. The quantitative estimate of drug-likeness (QED) is 0.839. The summed E-state index contributed by atoms with van der Waals surface area (Å²) in [4.78, 5) is 1.01. The maximum absolute atomic E-state index is 5.83. The third kappa shape index (κ3) is 1.50. The fourth-order valence-corrected chi connectivity index (χ4v) is 2.15. The molecular formula is C9H12N4S. The van der Waals surface area contributed by atoms with Gasteiger partial charge < -0.3 is 10.3 Å². The number of nitrogens with two attached hydrogens (primary N) is 1. The molecule has 0 atom stereocenters. The van der Waals surface area contributed by atoms with Gasteiger partial charge in [-0.25, -0.2) is 0 Å². The van der Waals surface area contributed by atoms with Gasteiger partial charge >= 0.3 is 0 Å². The maximum atomic E-state index is 5.83. The van der Waals surface area contributed by atoms with Crippen molar-refractivity contribution >= 4 is 17.0 Å². The molecular weight excluding hydrogens is 196 g/mol. The molecule has 0 amide bonds. The lowest BCUT2D eigenvalue weighted by molar-refractivity contribution is 0.683. The Bertz CT molecular complexity index is 418. The lowest BCUT2D eigenvalue weighted by Gasteiger charge is -2.02. The van der Waals surface area contributed by atoms with Gasteiger partial charge in [-0.05, 0) is 17.9 Å². The molecule has 2 rings (SSSR count). The summed E-state index contributed by atoms with van der Waals surface area (Å²) >= 11 is 1.60. The SMILES string of the molecule is CCCn1cnnc1-c1sccc1N. The molecule has 2 N–H and O–H groups in total. The van der Waals surface area contributed by atoms with E-state index in [0.29, 0.717) is 0 Å². The Morgan fingerprint density at radius 2 is 2.43 bits per heavy atom. The first-order valence-corrected chi connectivity index (χ1v) is 5.42. The minimum atomic E-state index is 0.778. The van der Waals surface area contributed by atoms with Crippen molar-refractivity contribution in [1.82, 2.24) is 14.8 Å². The summed E-state index contributed by atoms with van der Waals surface area (Å²) in [5, 5.41) is 9.95. The average Bonchev–Trinajstić information content (AvgIpc) is 2.74. The second-order valence-electron chi connectivity index (χ2n) is 3.05. The van der Waals surface area contributed by atoms with E-state index in [4.69, 9.17) is 5.73 Å². The number of aromatic nitrogens is 3. The van der Waals surface area contributed by atoms with Crippen LogP contribution in [0.2, 0.25) is 0 Å². The van der Waals surface area contributed by atoms with Crippen LogP contribution in [0.4, 0.5) is 5.69 Å². The molecule has 0 radical (unpaired) electrons. The van der Waals surface area contributed by atoms with Crippen molar-refractivity contribution in [3.8, 4) is 10.7 Å². The summed E-state index contributed by atoms with van der Waals surface area (Å²) in [6.07, 6.45) is 2.81. The summed E-state index contributed by atoms with van der Waals surface area (Å²) in [5.74, 6) is 0.874. The van der Waals surface area contributed by atoms with Crippen molar-refractivity contribution in [3.05, 3.63) is 17.8 Å². The summed E-state index contributed by atoms with van der Waals surface area (Å²) in [7, 11) is 0. The molecule has 2 aromatic heterocycles. The van der Waals surface area contributed by atoms with Crippen LogP contribution >= 0.6 is 11.3 Å². The predicted octanol–water partition coefficient (Wildman–Crippen LogP) is 2.00. The van der Waals surface area contributed by atoms with E-state index >= 15 is 0 Å². The number of hydrogen-bond acceptors (Lipinski definition) is 4. The van der Waals surface area contributed by atoms with Gasteiger partial charge in [-0.2, -0.15) is 0 Å². The van der Waals surface area contributed by atoms with Crippen LogP contribution in [0.5, 0.6) is 0 Å². The Morgan fingerprint density at radius 1 is 1.57 bits per heavy atom.